The van der Waals surface area contributed by atoms with Gasteiger partial charge in [-0.25, -0.2) is 0 Å². The van der Waals surface area contributed by atoms with Gasteiger partial charge in [0.1, 0.15) is 0 Å². The molecule has 23 heavy (non-hydrogen) atoms. The third-order valence-corrected chi connectivity index (χ3v) is 4.41. The highest BCUT2D eigenvalue weighted by molar-refractivity contribution is 5.75. The Morgan fingerprint density at radius 1 is 0.696 bits per heavy atom. The molecule has 0 aliphatic rings. The van der Waals surface area contributed by atoms with Crippen LogP contribution in [-0.2, 0) is 4.79 Å². The minimum atomic E-state index is 0.172. The average Bonchev–Trinajstić information content (AvgIpc) is 2.56. The van der Waals surface area contributed by atoms with Crippen molar-refractivity contribution in [2.45, 2.75) is 110 Å². The van der Waals surface area contributed by atoms with Crippen LogP contribution in [0, 0.1) is 0 Å². The van der Waals surface area contributed by atoms with E-state index in [1.165, 1.54) is 77.0 Å². The van der Waals surface area contributed by atoms with Gasteiger partial charge < -0.3 is 10.4 Å². The van der Waals surface area contributed by atoms with Crippen molar-refractivity contribution in [3.05, 3.63) is 0 Å². The number of amides is 1. The highest BCUT2D eigenvalue weighted by Gasteiger charge is 2.00. The van der Waals surface area contributed by atoms with E-state index in [4.69, 9.17) is 5.11 Å². The number of unbranched alkanes of at least 4 members (excludes halogenated alkanes) is 13. The summed E-state index contributed by atoms with van der Waals surface area (Å²) in [4.78, 5) is 11.5. The summed E-state index contributed by atoms with van der Waals surface area (Å²) < 4.78 is 0. The molecule has 3 heteroatoms. The molecule has 0 saturated carbocycles. The van der Waals surface area contributed by atoms with E-state index in [-0.39, 0.29) is 12.5 Å². The Kier molecular flexibility index (Phi) is 19.0. The number of hydrogen-bond acceptors (Lipinski definition) is 2. The summed E-state index contributed by atoms with van der Waals surface area (Å²) >= 11 is 0. The first-order valence-electron chi connectivity index (χ1n) is 10.2. The minimum Gasteiger partial charge on any atom is -0.396 e. The lowest BCUT2D eigenvalue weighted by Crippen LogP contribution is -2.24. The number of aliphatic hydroxyl groups is 1. The number of nitrogens with one attached hydrogen (secondary N) is 1. The molecule has 0 aliphatic carbocycles. The lowest BCUT2D eigenvalue weighted by atomic mass is 10.0. The molecule has 0 spiro atoms. The van der Waals surface area contributed by atoms with Crippen molar-refractivity contribution in [1.29, 1.82) is 0 Å². The maximum Gasteiger partial charge on any atom is 0.219 e. The number of rotatable bonds is 18. The first kappa shape index (κ1) is 22.4. The summed E-state index contributed by atoms with van der Waals surface area (Å²) in [5.41, 5.74) is 0. The highest BCUT2D eigenvalue weighted by atomic mass is 16.2. The van der Waals surface area contributed by atoms with Crippen LogP contribution in [0.3, 0.4) is 0 Å². The second-order valence-corrected chi connectivity index (χ2v) is 6.77. The van der Waals surface area contributed by atoms with Crippen molar-refractivity contribution in [2.75, 3.05) is 13.2 Å². The van der Waals surface area contributed by atoms with E-state index in [0.717, 1.165) is 19.3 Å². The fourth-order valence-electron chi connectivity index (χ4n) is 2.86. The van der Waals surface area contributed by atoms with Gasteiger partial charge in [0.2, 0.25) is 5.91 Å². The van der Waals surface area contributed by atoms with Crippen LogP contribution in [0.4, 0.5) is 0 Å². The summed E-state index contributed by atoms with van der Waals surface area (Å²) in [5, 5.41) is 11.6. The van der Waals surface area contributed by atoms with E-state index < -0.39 is 0 Å². The number of hydrogen-bond donors (Lipinski definition) is 2. The minimum absolute atomic E-state index is 0.172. The largest absolute Gasteiger partial charge is 0.396 e. The Morgan fingerprint density at radius 3 is 1.65 bits per heavy atom. The first-order chi connectivity index (χ1) is 11.3. The van der Waals surface area contributed by atoms with Crippen molar-refractivity contribution in [2.24, 2.45) is 0 Å². The summed E-state index contributed by atoms with van der Waals surface area (Å²) in [6.45, 7) is 3.19. The van der Waals surface area contributed by atoms with Gasteiger partial charge >= 0.3 is 0 Å². The molecule has 0 saturated heterocycles. The van der Waals surface area contributed by atoms with Crippen molar-refractivity contribution in [3.8, 4) is 0 Å². The summed E-state index contributed by atoms with van der Waals surface area (Å²) in [6, 6.07) is 0. The van der Waals surface area contributed by atoms with Crippen LogP contribution >= 0.6 is 0 Å². The normalized spacial score (nSPS) is 10.9. The lowest BCUT2D eigenvalue weighted by molar-refractivity contribution is -0.121. The Labute approximate surface area is 144 Å². The smallest absolute Gasteiger partial charge is 0.219 e. The molecule has 0 unspecified atom stereocenters. The monoisotopic (exact) mass is 327 g/mol. The molecule has 0 rings (SSSR count). The van der Waals surface area contributed by atoms with Gasteiger partial charge in [0.05, 0.1) is 0 Å². The van der Waals surface area contributed by atoms with Gasteiger partial charge in [-0.15, -0.1) is 0 Å². The predicted molar refractivity (Wildman–Crippen MR) is 99.6 cm³/mol. The zero-order valence-corrected chi connectivity index (χ0v) is 15.6. The molecule has 0 atom stereocenters. The lowest BCUT2D eigenvalue weighted by Gasteiger charge is -2.05. The van der Waals surface area contributed by atoms with Crippen molar-refractivity contribution >= 4 is 5.91 Å². The molecule has 0 aromatic rings. The van der Waals surface area contributed by atoms with Crippen LogP contribution in [0.2, 0.25) is 0 Å². The van der Waals surface area contributed by atoms with Crippen LogP contribution in [0.5, 0.6) is 0 Å². The third kappa shape index (κ3) is 19.4. The highest BCUT2D eigenvalue weighted by Crippen LogP contribution is 2.12. The van der Waals surface area contributed by atoms with Gasteiger partial charge in [0, 0.05) is 19.6 Å². The molecule has 1 amide bonds. The zero-order valence-electron chi connectivity index (χ0n) is 15.6. The van der Waals surface area contributed by atoms with Crippen molar-refractivity contribution in [1.82, 2.24) is 5.32 Å². The van der Waals surface area contributed by atoms with Gasteiger partial charge in [0.25, 0.3) is 0 Å². The summed E-state index contributed by atoms with van der Waals surface area (Å²) in [7, 11) is 0. The van der Waals surface area contributed by atoms with Gasteiger partial charge in [-0.3, -0.25) is 4.79 Å². The van der Waals surface area contributed by atoms with Crippen LogP contribution in [0.25, 0.3) is 0 Å². The SMILES string of the molecule is CCCCCCCCCCCCCCCC(=O)NCCCCO. The van der Waals surface area contributed by atoms with E-state index in [0.29, 0.717) is 13.0 Å². The van der Waals surface area contributed by atoms with E-state index >= 15 is 0 Å². The fourth-order valence-corrected chi connectivity index (χ4v) is 2.86. The molecular weight excluding hydrogens is 286 g/mol. The molecule has 0 aliphatic heterocycles. The fraction of sp³-hybridized carbons (Fsp3) is 0.950. The molecule has 138 valence electrons. The molecule has 0 aromatic carbocycles. The van der Waals surface area contributed by atoms with E-state index in [9.17, 15) is 4.79 Å². The van der Waals surface area contributed by atoms with E-state index in [1.807, 2.05) is 0 Å². The van der Waals surface area contributed by atoms with E-state index in [2.05, 4.69) is 12.2 Å². The van der Waals surface area contributed by atoms with Gasteiger partial charge in [0.15, 0.2) is 0 Å². The molecule has 3 nitrogen and oxygen atoms in total. The Hall–Kier alpha value is -0.570. The van der Waals surface area contributed by atoms with Crippen molar-refractivity contribution < 1.29 is 9.90 Å². The second kappa shape index (κ2) is 19.5. The van der Waals surface area contributed by atoms with Crippen LogP contribution < -0.4 is 5.32 Å². The standard InChI is InChI=1S/C20H41NO2/c1-2-3-4-5-6-7-8-9-10-11-12-13-14-17-20(23)21-18-15-16-19-22/h22H,2-19H2,1H3,(H,21,23). The van der Waals surface area contributed by atoms with Crippen molar-refractivity contribution in [3.63, 3.8) is 0 Å². The molecule has 0 heterocycles. The van der Waals surface area contributed by atoms with Gasteiger partial charge in [-0.2, -0.15) is 0 Å². The Balaban J connectivity index is 3.08. The Bertz CT molecular complexity index is 244. The van der Waals surface area contributed by atoms with E-state index in [1.54, 1.807) is 0 Å². The van der Waals surface area contributed by atoms with Crippen LogP contribution in [-0.4, -0.2) is 24.2 Å². The maximum atomic E-state index is 11.5. The molecule has 0 fully saturated rings. The number of carbonyl (C=O) groups excluding carboxylic acids is 1. The Morgan fingerprint density at radius 2 is 1.17 bits per heavy atom. The molecular formula is C20H41NO2. The molecule has 0 aromatic heterocycles. The second-order valence-electron chi connectivity index (χ2n) is 6.77. The number of aliphatic hydroxyl groups excluding tert-OH is 1. The molecule has 0 radical (unpaired) electrons. The topological polar surface area (TPSA) is 49.3 Å². The molecule has 2 N–H and O–H groups in total. The van der Waals surface area contributed by atoms with Crippen LogP contribution in [0.1, 0.15) is 110 Å². The number of carbonyl (C=O) groups is 1. The first-order valence-corrected chi connectivity index (χ1v) is 10.2. The zero-order chi connectivity index (χ0) is 17.0. The third-order valence-electron chi connectivity index (χ3n) is 4.41. The van der Waals surface area contributed by atoms with Crippen LogP contribution in [0.15, 0.2) is 0 Å². The maximum absolute atomic E-state index is 11.5. The summed E-state index contributed by atoms with van der Waals surface area (Å²) in [6.07, 6.45) is 19.7. The average molecular weight is 328 g/mol. The van der Waals surface area contributed by atoms with Gasteiger partial charge in [-0.05, 0) is 19.3 Å². The predicted octanol–water partition coefficient (Wildman–Crippen LogP) is 5.36. The van der Waals surface area contributed by atoms with Gasteiger partial charge in [-0.1, -0.05) is 84.0 Å². The summed E-state index contributed by atoms with van der Waals surface area (Å²) in [5.74, 6) is 0.172. The molecule has 0 bridgehead atoms. The quantitative estimate of drug-likeness (QED) is 0.333.